The molecule has 27 heavy (non-hydrogen) atoms. The van der Waals surface area contributed by atoms with Gasteiger partial charge in [-0.3, -0.25) is 14.1 Å². The number of carbonyl (C=O) groups is 1. The molecule has 1 saturated heterocycles. The number of likely N-dealkylation sites (tertiary alicyclic amines) is 1. The van der Waals surface area contributed by atoms with Crippen LogP contribution >= 0.6 is 0 Å². The van der Waals surface area contributed by atoms with E-state index < -0.39 is 0 Å². The standard InChI is InChI=1S/C21H25N5O/c1-16-4-2-3-11-25(16)13-18-7-5-17(6-8-18)12-22-21(27)19-9-10-20-24-23-15-26(20)14-19/h5-10,14-16H,2-4,11-13H2,1H3,(H,22,27). The molecule has 1 amide bonds. The highest BCUT2D eigenvalue weighted by Crippen LogP contribution is 2.19. The van der Waals surface area contributed by atoms with Crippen LogP contribution in [0.3, 0.4) is 0 Å². The Morgan fingerprint density at radius 2 is 1.96 bits per heavy atom. The Balaban J connectivity index is 1.33. The maximum Gasteiger partial charge on any atom is 0.253 e. The number of amides is 1. The summed E-state index contributed by atoms with van der Waals surface area (Å²) >= 11 is 0. The van der Waals surface area contributed by atoms with Gasteiger partial charge >= 0.3 is 0 Å². The van der Waals surface area contributed by atoms with Crippen molar-refractivity contribution < 1.29 is 4.79 Å². The highest BCUT2D eigenvalue weighted by atomic mass is 16.1. The van der Waals surface area contributed by atoms with E-state index in [1.54, 1.807) is 29.1 Å². The molecule has 0 bridgehead atoms. The second-order valence-electron chi connectivity index (χ2n) is 7.33. The first kappa shape index (κ1) is 17.7. The molecule has 0 spiro atoms. The number of nitrogens with one attached hydrogen (secondary N) is 1. The lowest BCUT2D eigenvalue weighted by atomic mass is 10.0. The molecule has 0 saturated carbocycles. The fourth-order valence-corrected chi connectivity index (χ4v) is 3.64. The molecule has 1 aliphatic heterocycles. The summed E-state index contributed by atoms with van der Waals surface area (Å²) in [5, 5.41) is 10.7. The van der Waals surface area contributed by atoms with E-state index in [0.29, 0.717) is 18.2 Å². The zero-order valence-corrected chi connectivity index (χ0v) is 15.6. The second kappa shape index (κ2) is 7.88. The Kier molecular flexibility index (Phi) is 5.16. The Morgan fingerprint density at radius 1 is 1.15 bits per heavy atom. The van der Waals surface area contributed by atoms with Gasteiger partial charge in [-0.25, -0.2) is 0 Å². The second-order valence-corrected chi connectivity index (χ2v) is 7.33. The maximum atomic E-state index is 12.4. The van der Waals surface area contributed by atoms with Gasteiger partial charge in [-0.1, -0.05) is 30.7 Å². The van der Waals surface area contributed by atoms with E-state index in [9.17, 15) is 4.79 Å². The Labute approximate surface area is 159 Å². The van der Waals surface area contributed by atoms with Gasteiger partial charge in [-0.15, -0.1) is 10.2 Å². The molecule has 2 aromatic heterocycles. The van der Waals surface area contributed by atoms with Gasteiger partial charge in [0, 0.05) is 25.3 Å². The molecule has 1 atom stereocenters. The lowest BCUT2D eigenvalue weighted by molar-refractivity contribution is 0.0950. The molecule has 0 radical (unpaired) electrons. The molecule has 1 N–H and O–H groups in total. The summed E-state index contributed by atoms with van der Waals surface area (Å²) in [7, 11) is 0. The number of benzene rings is 1. The van der Waals surface area contributed by atoms with Crippen LogP contribution in [0.15, 0.2) is 48.9 Å². The topological polar surface area (TPSA) is 62.5 Å². The van der Waals surface area contributed by atoms with E-state index in [2.05, 4.69) is 51.6 Å². The zero-order valence-electron chi connectivity index (χ0n) is 15.6. The van der Waals surface area contributed by atoms with Gasteiger partial charge in [0.25, 0.3) is 5.91 Å². The molecule has 1 unspecified atom stereocenters. The van der Waals surface area contributed by atoms with E-state index >= 15 is 0 Å². The lowest BCUT2D eigenvalue weighted by Crippen LogP contribution is -2.36. The smallest absolute Gasteiger partial charge is 0.253 e. The molecule has 0 aliphatic carbocycles. The summed E-state index contributed by atoms with van der Waals surface area (Å²) in [5.41, 5.74) is 3.75. The van der Waals surface area contributed by atoms with Crippen molar-refractivity contribution in [1.29, 1.82) is 0 Å². The number of rotatable bonds is 5. The molecule has 4 rings (SSSR count). The van der Waals surface area contributed by atoms with Crippen LogP contribution in [0.4, 0.5) is 0 Å². The Bertz CT molecular complexity index is 918. The van der Waals surface area contributed by atoms with Crippen molar-refractivity contribution in [2.75, 3.05) is 6.54 Å². The van der Waals surface area contributed by atoms with Crippen LogP contribution in [-0.2, 0) is 13.1 Å². The van der Waals surface area contributed by atoms with Crippen molar-refractivity contribution in [2.45, 2.75) is 45.3 Å². The van der Waals surface area contributed by atoms with Crippen molar-refractivity contribution in [1.82, 2.24) is 24.8 Å². The number of piperidine rings is 1. The monoisotopic (exact) mass is 363 g/mol. The fourth-order valence-electron chi connectivity index (χ4n) is 3.64. The summed E-state index contributed by atoms with van der Waals surface area (Å²) < 4.78 is 1.74. The summed E-state index contributed by atoms with van der Waals surface area (Å²) in [6.45, 7) is 5.03. The first-order valence-electron chi connectivity index (χ1n) is 9.58. The van der Waals surface area contributed by atoms with Gasteiger partial charge in [0.1, 0.15) is 6.33 Å². The number of aromatic nitrogens is 3. The normalized spacial score (nSPS) is 17.9. The maximum absolute atomic E-state index is 12.4. The van der Waals surface area contributed by atoms with Crippen molar-refractivity contribution >= 4 is 11.6 Å². The van der Waals surface area contributed by atoms with E-state index in [4.69, 9.17) is 0 Å². The van der Waals surface area contributed by atoms with E-state index in [1.165, 1.54) is 31.4 Å². The fraction of sp³-hybridized carbons (Fsp3) is 0.381. The van der Waals surface area contributed by atoms with Gasteiger partial charge in [0.15, 0.2) is 5.65 Å². The molecule has 1 fully saturated rings. The van der Waals surface area contributed by atoms with Crippen molar-refractivity contribution in [2.24, 2.45) is 0 Å². The molecule has 1 aromatic carbocycles. The molecule has 140 valence electrons. The van der Waals surface area contributed by atoms with Crippen molar-refractivity contribution in [3.05, 3.63) is 65.6 Å². The van der Waals surface area contributed by atoms with Crippen LogP contribution in [0.25, 0.3) is 5.65 Å². The highest BCUT2D eigenvalue weighted by molar-refractivity contribution is 5.94. The van der Waals surface area contributed by atoms with E-state index in [0.717, 1.165) is 17.8 Å². The summed E-state index contributed by atoms with van der Waals surface area (Å²) in [5.74, 6) is -0.100. The lowest BCUT2D eigenvalue weighted by Gasteiger charge is -2.33. The average molecular weight is 363 g/mol. The predicted octanol–water partition coefficient (Wildman–Crippen LogP) is 3.03. The third-order valence-electron chi connectivity index (χ3n) is 5.36. The van der Waals surface area contributed by atoms with E-state index in [1.807, 2.05) is 0 Å². The average Bonchev–Trinajstić information content (AvgIpc) is 3.17. The minimum atomic E-state index is -0.100. The number of pyridine rings is 1. The van der Waals surface area contributed by atoms with Crippen LogP contribution in [-0.4, -0.2) is 38.0 Å². The highest BCUT2D eigenvalue weighted by Gasteiger charge is 2.17. The van der Waals surface area contributed by atoms with Gasteiger partial charge in [-0.2, -0.15) is 0 Å². The number of hydrogen-bond acceptors (Lipinski definition) is 4. The van der Waals surface area contributed by atoms with Crippen LogP contribution in [0.2, 0.25) is 0 Å². The van der Waals surface area contributed by atoms with Gasteiger partial charge in [0.2, 0.25) is 0 Å². The molecular weight excluding hydrogens is 338 g/mol. The number of hydrogen-bond donors (Lipinski definition) is 1. The molecule has 3 aromatic rings. The quantitative estimate of drug-likeness (QED) is 0.757. The van der Waals surface area contributed by atoms with Crippen LogP contribution in [0, 0.1) is 0 Å². The molecule has 3 heterocycles. The summed E-state index contributed by atoms with van der Waals surface area (Å²) in [6.07, 6.45) is 7.28. The number of fused-ring (bicyclic) bond motifs is 1. The van der Waals surface area contributed by atoms with E-state index in [-0.39, 0.29) is 5.91 Å². The Morgan fingerprint density at radius 3 is 2.78 bits per heavy atom. The Hall–Kier alpha value is -2.73. The largest absolute Gasteiger partial charge is 0.348 e. The van der Waals surface area contributed by atoms with Gasteiger partial charge in [-0.05, 0) is 49.6 Å². The molecule has 1 aliphatic rings. The summed E-state index contributed by atoms with van der Waals surface area (Å²) in [6, 6.07) is 12.8. The third kappa shape index (κ3) is 4.17. The molecule has 6 heteroatoms. The first-order chi connectivity index (χ1) is 13.2. The van der Waals surface area contributed by atoms with Crippen LogP contribution in [0.5, 0.6) is 0 Å². The molecule has 6 nitrogen and oxygen atoms in total. The number of carbonyl (C=O) groups excluding carboxylic acids is 1. The first-order valence-corrected chi connectivity index (χ1v) is 9.58. The van der Waals surface area contributed by atoms with Crippen LogP contribution < -0.4 is 5.32 Å². The minimum Gasteiger partial charge on any atom is -0.348 e. The summed E-state index contributed by atoms with van der Waals surface area (Å²) in [4.78, 5) is 14.9. The minimum absolute atomic E-state index is 0.100. The number of nitrogens with zero attached hydrogens (tertiary/aromatic N) is 4. The van der Waals surface area contributed by atoms with Gasteiger partial charge in [0.05, 0.1) is 5.56 Å². The van der Waals surface area contributed by atoms with Crippen molar-refractivity contribution in [3.8, 4) is 0 Å². The van der Waals surface area contributed by atoms with Crippen LogP contribution in [0.1, 0.15) is 47.7 Å². The molecular formula is C21H25N5O. The SMILES string of the molecule is CC1CCCCN1Cc1ccc(CNC(=O)c2ccc3nncn3c2)cc1. The van der Waals surface area contributed by atoms with Crippen molar-refractivity contribution in [3.63, 3.8) is 0 Å². The third-order valence-corrected chi connectivity index (χ3v) is 5.36. The van der Waals surface area contributed by atoms with Gasteiger partial charge < -0.3 is 5.32 Å². The zero-order chi connectivity index (χ0) is 18.6. The predicted molar refractivity (Wildman–Crippen MR) is 104 cm³/mol.